The molecule has 1 fully saturated rings. The van der Waals surface area contributed by atoms with Crippen LogP contribution in [-0.4, -0.2) is 19.1 Å². The van der Waals surface area contributed by atoms with Crippen molar-refractivity contribution in [3.8, 4) is 0 Å². The van der Waals surface area contributed by atoms with Crippen LogP contribution < -0.4 is 10.0 Å². The van der Waals surface area contributed by atoms with Crippen LogP contribution in [-0.2, 0) is 14.8 Å². The molecule has 0 aromatic heterocycles. The Bertz CT molecular complexity index is 563. The second-order valence-electron chi connectivity index (χ2n) is 4.18. The minimum Gasteiger partial charge on any atom is -0.399 e. The lowest BCUT2D eigenvalue weighted by molar-refractivity contribution is -0.120. The summed E-state index contributed by atoms with van der Waals surface area (Å²) in [5.41, 5.74) is 6.26. The molecule has 2 rings (SSSR count). The van der Waals surface area contributed by atoms with Crippen molar-refractivity contribution in [3.63, 3.8) is 0 Å². The molecule has 1 aromatic carbocycles. The predicted molar refractivity (Wildman–Crippen MR) is 61.3 cm³/mol. The highest BCUT2D eigenvalue weighted by atomic mass is 32.2. The number of anilines is 2. The van der Waals surface area contributed by atoms with E-state index < -0.39 is 20.7 Å². The van der Waals surface area contributed by atoms with Gasteiger partial charge in [-0.25, -0.2) is 12.7 Å². The van der Waals surface area contributed by atoms with Crippen molar-refractivity contribution in [1.82, 2.24) is 0 Å². The highest BCUT2D eigenvalue weighted by molar-refractivity contribution is 7.98. The number of nitrogens with two attached hydrogens (primary N) is 1. The Labute approximate surface area is 93.9 Å². The molecule has 1 aliphatic heterocycles. The highest BCUT2D eigenvalue weighted by Gasteiger charge is 2.60. The van der Waals surface area contributed by atoms with Gasteiger partial charge < -0.3 is 5.73 Å². The van der Waals surface area contributed by atoms with Gasteiger partial charge in [-0.15, -0.1) is 0 Å². The van der Waals surface area contributed by atoms with Gasteiger partial charge in [0, 0.05) is 5.69 Å². The molecule has 0 saturated carbocycles. The monoisotopic (exact) mass is 240 g/mol. The fourth-order valence-electron chi connectivity index (χ4n) is 1.56. The number of nitrogen functional groups attached to an aromatic ring is 1. The van der Waals surface area contributed by atoms with E-state index >= 15 is 0 Å². The molecule has 16 heavy (non-hydrogen) atoms. The zero-order chi connectivity index (χ0) is 12.1. The van der Waals surface area contributed by atoms with Crippen LogP contribution in [0, 0.1) is 0 Å². The van der Waals surface area contributed by atoms with E-state index in [1.54, 1.807) is 18.2 Å². The standard InChI is InChI=1S/C10H12N2O3S/c1-10(2)9(13)12(16(10,14)15)8-5-3-4-7(11)6-8/h3-6H,11H2,1-2H3. The molecule has 6 heteroatoms. The summed E-state index contributed by atoms with van der Waals surface area (Å²) in [4.78, 5) is 11.7. The summed E-state index contributed by atoms with van der Waals surface area (Å²) in [6.45, 7) is 2.79. The van der Waals surface area contributed by atoms with Gasteiger partial charge in [0.2, 0.25) is 0 Å². The van der Waals surface area contributed by atoms with Gasteiger partial charge >= 0.3 is 0 Å². The lowest BCUT2D eigenvalue weighted by Crippen LogP contribution is -2.67. The van der Waals surface area contributed by atoms with Gasteiger partial charge in [0.1, 0.15) is 0 Å². The molecule has 0 radical (unpaired) electrons. The van der Waals surface area contributed by atoms with Crippen molar-refractivity contribution in [1.29, 1.82) is 0 Å². The molecule has 86 valence electrons. The Morgan fingerprint density at radius 1 is 1.31 bits per heavy atom. The Kier molecular flexibility index (Phi) is 2.03. The van der Waals surface area contributed by atoms with E-state index in [4.69, 9.17) is 5.73 Å². The number of amides is 1. The van der Waals surface area contributed by atoms with E-state index in [1.807, 2.05) is 0 Å². The van der Waals surface area contributed by atoms with Gasteiger partial charge in [0.25, 0.3) is 15.9 Å². The first-order valence-corrected chi connectivity index (χ1v) is 6.17. The number of sulfonamides is 1. The average Bonchev–Trinajstić information content (AvgIpc) is 2.17. The molecule has 0 atom stereocenters. The number of hydrogen-bond acceptors (Lipinski definition) is 4. The summed E-state index contributed by atoms with van der Waals surface area (Å²) < 4.78 is 23.2. The predicted octanol–water partition coefficient (Wildman–Crippen LogP) is 0.724. The maximum atomic E-state index is 11.9. The van der Waals surface area contributed by atoms with Crippen molar-refractivity contribution < 1.29 is 13.2 Å². The molecule has 0 spiro atoms. The minimum absolute atomic E-state index is 0.296. The molecular weight excluding hydrogens is 228 g/mol. The Morgan fingerprint density at radius 3 is 2.44 bits per heavy atom. The van der Waals surface area contributed by atoms with Crippen molar-refractivity contribution in [2.24, 2.45) is 0 Å². The summed E-state index contributed by atoms with van der Waals surface area (Å²) >= 11 is 0. The number of carbonyl (C=O) groups is 1. The maximum absolute atomic E-state index is 11.9. The maximum Gasteiger partial charge on any atom is 0.263 e. The molecule has 5 nitrogen and oxygen atoms in total. The molecule has 1 amide bonds. The second kappa shape index (κ2) is 2.98. The molecule has 1 aromatic rings. The Hall–Kier alpha value is -1.56. The largest absolute Gasteiger partial charge is 0.399 e. The van der Waals surface area contributed by atoms with Crippen LogP contribution >= 0.6 is 0 Å². The summed E-state index contributed by atoms with van der Waals surface area (Å²) in [6.07, 6.45) is 0. The number of carbonyl (C=O) groups excluding carboxylic acids is 1. The van der Waals surface area contributed by atoms with Crippen LogP contribution in [0.1, 0.15) is 13.8 Å². The van der Waals surface area contributed by atoms with E-state index in [1.165, 1.54) is 19.9 Å². The normalized spacial score (nSPS) is 21.6. The number of hydrogen-bond donors (Lipinski definition) is 1. The van der Waals surface area contributed by atoms with Gasteiger partial charge in [-0.3, -0.25) is 4.79 Å². The van der Waals surface area contributed by atoms with Gasteiger partial charge in [-0.1, -0.05) is 6.07 Å². The Morgan fingerprint density at radius 2 is 1.94 bits per heavy atom. The second-order valence-corrected chi connectivity index (χ2v) is 6.52. The summed E-state index contributed by atoms with van der Waals surface area (Å²) in [7, 11) is -3.59. The van der Waals surface area contributed by atoms with Gasteiger partial charge in [-0.05, 0) is 32.0 Å². The summed E-state index contributed by atoms with van der Waals surface area (Å²) in [5, 5.41) is 0. The molecule has 2 N–H and O–H groups in total. The number of rotatable bonds is 1. The molecule has 1 heterocycles. The van der Waals surface area contributed by atoms with E-state index in [-0.39, 0.29) is 0 Å². The number of benzene rings is 1. The summed E-state index contributed by atoms with van der Waals surface area (Å²) in [6, 6.07) is 6.25. The zero-order valence-corrected chi connectivity index (χ0v) is 9.78. The molecule has 0 unspecified atom stereocenters. The fraction of sp³-hybridized carbons (Fsp3) is 0.300. The highest BCUT2D eigenvalue weighted by Crippen LogP contribution is 2.39. The molecule has 1 aliphatic rings. The molecule has 0 bridgehead atoms. The first-order chi connectivity index (χ1) is 7.28. The quantitative estimate of drug-likeness (QED) is 0.733. The number of nitrogens with zero attached hydrogens (tertiary/aromatic N) is 1. The SMILES string of the molecule is CC1(C)C(=O)N(c2cccc(N)c2)S1(=O)=O. The van der Waals surface area contributed by atoms with Crippen LogP contribution in [0.5, 0.6) is 0 Å². The van der Waals surface area contributed by atoms with E-state index in [9.17, 15) is 13.2 Å². The van der Waals surface area contributed by atoms with Crippen LogP contribution in [0.25, 0.3) is 0 Å². The Balaban J connectivity index is 2.50. The van der Waals surface area contributed by atoms with E-state index in [2.05, 4.69) is 0 Å². The third kappa shape index (κ3) is 1.16. The van der Waals surface area contributed by atoms with Gasteiger partial charge in [-0.2, -0.15) is 0 Å². The van der Waals surface area contributed by atoms with Crippen LogP contribution in [0.2, 0.25) is 0 Å². The molecular formula is C10H12N2O3S. The first kappa shape index (κ1) is 10.9. The molecule has 0 aliphatic carbocycles. The lowest BCUT2D eigenvalue weighted by Gasteiger charge is -2.42. The van der Waals surface area contributed by atoms with Crippen molar-refractivity contribution in [3.05, 3.63) is 24.3 Å². The topological polar surface area (TPSA) is 80.5 Å². The van der Waals surface area contributed by atoms with Gasteiger partial charge in [0.15, 0.2) is 4.75 Å². The van der Waals surface area contributed by atoms with E-state index in [0.717, 1.165) is 4.31 Å². The van der Waals surface area contributed by atoms with Crippen LogP contribution in [0.4, 0.5) is 11.4 Å². The fourth-order valence-corrected chi connectivity index (χ4v) is 3.03. The van der Waals surface area contributed by atoms with E-state index in [0.29, 0.717) is 11.4 Å². The van der Waals surface area contributed by atoms with Gasteiger partial charge in [0.05, 0.1) is 5.69 Å². The zero-order valence-electron chi connectivity index (χ0n) is 8.97. The third-order valence-electron chi connectivity index (χ3n) is 2.69. The van der Waals surface area contributed by atoms with Crippen LogP contribution in [0.15, 0.2) is 24.3 Å². The first-order valence-electron chi connectivity index (χ1n) is 4.73. The minimum atomic E-state index is -3.59. The smallest absolute Gasteiger partial charge is 0.263 e. The van der Waals surface area contributed by atoms with Crippen molar-refractivity contribution in [2.45, 2.75) is 18.6 Å². The van der Waals surface area contributed by atoms with Crippen molar-refractivity contribution >= 4 is 27.3 Å². The third-order valence-corrected chi connectivity index (χ3v) is 5.01. The average molecular weight is 240 g/mol. The van der Waals surface area contributed by atoms with Crippen LogP contribution in [0.3, 0.4) is 0 Å². The summed E-state index contributed by atoms with van der Waals surface area (Å²) in [5.74, 6) is -0.432. The molecule has 1 saturated heterocycles. The lowest BCUT2D eigenvalue weighted by atomic mass is 10.1. The van der Waals surface area contributed by atoms with Crippen molar-refractivity contribution in [2.75, 3.05) is 10.0 Å².